The Bertz CT molecular complexity index is 590. The molecule has 0 fully saturated rings. The second kappa shape index (κ2) is 7.90. The van der Waals surface area contributed by atoms with E-state index in [1.807, 2.05) is 42.5 Å². The Labute approximate surface area is 132 Å². The topological polar surface area (TPSA) is 42.4 Å². The zero-order valence-electron chi connectivity index (χ0n) is 11.8. The molecule has 0 saturated carbocycles. The number of benzene rings is 1. The van der Waals surface area contributed by atoms with Crippen LogP contribution in [-0.4, -0.2) is 36.1 Å². The van der Waals surface area contributed by atoms with Crippen LogP contribution in [0.1, 0.15) is 16.1 Å². The number of rotatable bonds is 6. The van der Waals surface area contributed by atoms with Crippen molar-refractivity contribution in [3.63, 3.8) is 0 Å². The van der Waals surface area contributed by atoms with Crippen LogP contribution in [0, 0.1) is 0 Å². The van der Waals surface area contributed by atoms with E-state index < -0.39 is 0 Å². The zero-order valence-corrected chi connectivity index (χ0v) is 13.4. The molecule has 1 heterocycles. The van der Waals surface area contributed by atoms with Gasteiger partial charge in [-0.15, -0.1) is 0 Å². The number of halogens is 1. The molecule has 0 unspecified atom stereocenters. The molecule has 5 heteroatoms. The monoisotopic (exact) mass is 348 g/mol. The minimum absolute atomic E-state index is 0.0287. The van der Waals surface area contributed by atoms with Gasteiger partial charge in [0.1, 0.15) is 0 Å². The van der Waals surface area contributed by atoms with Gasteiger partial charge in [0.2, 0.25) is 0 Å². The fourth-order valence-electron chi connectivity index (χ4n) is 1.95. The smallest absolute Gasteiger partial charge is 0.254 e. The van der Waals surface area contributed by atoms with Crippen LogP contribution in [0.2, 0.25) is 0 Å². The van der Waals surface area contributed by atoms with Gasteiger partial charge in [-0.25, -0.2) is 0 Å². The normalized spacial score (nSPS) is 10.4. The molecule has 1 amide bonds. The van der Waals surface area contributed by atoms with Crippen molar-refractivity contribution < 1.29 is 9.53 Å². The summed E-state index contributed by atoms with van der Waals surface area (Å²) >= 11 is 3.39. The third-order valence-electron chi connectivity index (χ3n) is 3.00. The number of methoxy groups -OCH3 is 1. The first-order chi connectivity index (χ1) is 10.2. The van der Waals surface area contributed by atoms with Crippen molar-refractivity contribution in [3.05, 3.63) is 64.4 Å². The lowest BCUT2D eigenvalue weighted by Crippen LogP contribution is -2.33. The molecule has 0 saturated heterocycles. The molecule has 2 aromatic rings. The minimum atomic E-state index is -0.0287. The molecule has 1 aromatic heterocycles. The first kappa shape index (κ1) is 15.7. The molecule has 0 spiro atoms. The fraction of sp³-hybridized carbons (Fsp3) is 0.250. The van der Waals surface area contributed by atoms with Gasteiger partial charge in [-0.1, -0.05) is 28.1 Å². The van der Waals surface area contributed by atoms with Gasteiger partial charge in [-0.3, -0.25) is 9.78 Å². The lowest BCUT2D eigenvalue weighted by Gasteiger charge is -2.22. The van der Waals surface area contributed by atoms with E-state index in [1.165, 1.54) is 0 Å². The van der Waals surface area contributed by atoms with E-state index in [2.05, 4.69) is 20.9 Å². The lowest BCUT2D eigenvalue weighted by atomic mass is 10.2. The van der Waals surface area contributed by atoms with Gasteiger partial charge in [0, 0.05) is 29.9 Å². The van der Waals surface area contributed by atoms with Gasteiger partial charge in [0.15, 0.2) is 0 Å². The SMILES string of the molecule is COCCN(Cc1ccccn1)C(=O)c1cccc(Br)c1. The Balaban J connectivity index is 2.17. The Morgan fingerprint density at radius 2 is 2.14 bits per heavy atom. The summed E-state index contributed by atoms with van der Waals surface area (Å²) in [7, 11) is 1.63. The van der Waals surface area contributed by atoms with Gasteiger partial charge < -0.3 is 9.64 Å². The van der Waals surface area contributed by atoms with Crippen molar-refractivity contribution >= 4 is 21.8 Å². The molecule has 1 aromatic carbocycles. The van der Waals surface area contributed by atoms with Gasteiger partial charge in [-0.05, 0) is 30.3 Å². The van der Waals surface area contributed by atoms with Crippen molar-refractivity contribution in [1.82, 2.24) is 9.88 Å². The van der Waals surface area contributed by atoms with Crippen LogP contribution < -0.4 is 0 Å². The summed E-state index contributed by atoms with van der Waals surface area (Å²) in [5, 5.41) is 0. The summed E-state index contributed by atoms with van der Waals surface area (Å²) in [5.74, 6) is -0.0287. The number of aromatic nitrogens is 1. The summed E-state index contributed by atoms with van der Waals surface area (Å²) in [5.41, 5.74) is 1.51. The molecular formula is C16H17BrN2O2. The molecule has 0 aliphatic rings. The summed E-state index contributed by atoms with van der Waals surface area (Å²) in [6.07, 6.45) is 1.73. The highest BCUT2D eigenvalue weighted by Crippen LogP contribution is 2.14. The number of carbonyl (C=O) groups is 1. The summed E-state index contributed by atoms with van der Waals surface area (Å²) in [4.78, 5) is 18.6. The highest BCUT2D eigenvalue weighted by atomic mass is 79.9. The van der Waals surface area contributed by atoms with Crippen LogP contribution in [-0.2, 0) is 11.3 Å². The van der Waals surface area contributed by atoms with E-state index in [9.17, 15) is 4.79 Å². The number of amides is 1. The molecule has 0 radical (unpaired) electrons. The molecule has 0 atom stereocenters. The third kappa shape index (κ3) is 4.65. The van der Waals surface area contributed by atoms with Crippen LogP contribution >= 0.6 is 15.9 Å². The average Bonchev–Trinajstić information content (AvgIpc) is 2.51. The molecule has 110 valence electrons. The van der Waals surface area contributed by atoms with Crippen LogP contribution in [0.3, 0.4) is 0 Å². The summed E-state index contributed by atoms with van der Waals surface area (Å²) < 4.78 is 5.98. The highest BCUT2D eigenvalue weighted by Gasteiger charge is 2.16. The number of hydrogen-bond acceptors (Lipinski definition) is 3. The van der Waals surface area contributed by atoms with Crippen molar-refractivity contribution in [2.75, 3.05) is 20.3 Å². The van der Waals surface area contributed by atoms with Crippen molar-refractivity contribution in [2.24, 2.45) is 0 Å². The van der Waals surface area contributed by atoms with E-state index in [-0.39, 0.29) is 5.91 Å². The van der Waals surface area contributed by atoms with Gasteiger partial charge in [0.25, 0.3) is 5.91 Å². The Morgan fingerprint density at radius 1 is 1.29 bits per heavy atom. The maximum Gasteiger partial charge on any atom is 0.254 e. The number of nitrogens with zero attached hydrogens (tertiary/aromatic N) is 2. The highest BCUT2D eigenvalue weighted by molar-refractivity contribution is 9.10. The van der Waals surface area contributed by atoms with Gasteiger partial charge in [0.05, 0.1) is 18.8 Å². The molecule has 4 nitrogen and oxygen atoms in total. The molecule has 0 aliphatic carbocycles. The molecule has 21 heavy (non-hydrogen) atoms. The largest absolute Gasteiger partial charge is 0.383 e. The average molecular weight is 349 g/mol. The standard InChI is InChI=1S/C16H17BrN2O2/c1-21-10-9-19(12-15-7-2-3-8-18-15)16(20)13-5-4-6-14(17)11-13/h2-8,11H,9-10,12H2,1H3. The number of carbonyl (C=O) groups excluding carboxylic acids is 1. The predicted molar refractivity (Wildman–Crippen MR) is 85.0 cm³/mol. The van der Waals surface area contributed by atoms with Crippen LogP contribution in [0.15, 0.2) is 53.1 Å². The van der Waals surface area contributed by atoms with E-state index in [4.69, 9.17) is 4.74 Å². The first-order valence-electron chi connectivity index (χ1n) is 6.64. The number of hydrogen-bond donors (Lipinski definition) is 0. The summed E-state index contributed by atoms with van der Waals surface area (Å²) in [6.45, 7) is 1.49. The van der Waals surface area contributed by atoms with Crippen molar-refractivity contribution in [2.45, 2.75) is 6.54 Å². The molecule has 0 bridgehead atoms. The van der Waals surface area contributed by atoms with Crippen LogP contribution in [0.25, 0.3) is 0 Å². The minimum Gasteiger partial charge on any atom is -0.383 e. The number of pyridine rings is 1. The zero-order chi connectivity index (χ0) is 15.1. The second-order valence-electron chi connectivity index (χ2n) is 4.55. The molecule has 2 rings (SSSR count). The van der Waals surface area contributed by atoms with E-state index in [1.54, 1.807) is 18.2 Å². The quantitative estimate of drug-likeness (QED) is 0.805. The summed E-state index contributed by atoms with van der Waals surface area (Å²) in [6, 6.07) is 13.1. The van der Waals surface area contributed by atoms with E-state index in [0.29, 0.717) is 25.3 Å². The van der Waals surface area contributed by atoms with Crippen LogP contribution in [0.4, 0.5) is 0 Å². The number of ether oxygens (including phenoxy) is 1. The van der Waals surface area contributed by atoms with E-state index >= 15 is 0 Å². The lowest BCUT2D eigenvalue weighted by molar-refractivity contribution is 0.0678. The molecule has 0 N–H and O–H groups in total. The van der Waals surface area contributed by atoms with Crippen molar-refractivity contribution in [1.29, 1.82) is 0 Å². The first-order valence-corrected chi connectivity index (χ1v) is 7.43. The Kier molecular flexibility index (Phi) is 5.90. The maximum absolute atomic E-state index is 12.6. The Morgan fingerprint density at radius 3 is 2.81 bits per heavy atom. The second-order valence-corrected chi connectivity index (χ2v) is 5.47. The van der Waals surface area contributed by atoms with E-state index in [0.717, 1.165) is 10.2 Å². The molecule has 0 aliphatic heterocycles. The fourth-order valence-corrected chi connectivity index (χ4v) is 2.34. The Hall–Kier alpha value is -1.72. The third-order valence-corrected chi connectivity index (χ3v) is 3.50. The van der Waals surface area contributed by atoms with Gasteiger partial charge in [-0.2, -0.15) is 0 Å². The van der Waals surface area contributed by atoms with Gasteiger partial charge >= 0.3 is 0 Å². The molecular weight excluding hydrogens is 332 g/mol. The van der Waals surface area contributed by atoms with Crippen LogP contribution in [0.5, 0.6) is 0 Å². The predicted octanol–water partition coefficient (Wildman–Crippen LogP) is 3.13. The maximum atomic E-state index is 12.6. The van der Waals surface area contributed by atoms with Crippen molar-refractivity contribution in [3.8, 4) is 0 Å².